The van der Waals surface area contributed by atoms with Gasteiger partial charge in [-0.25, -0.2) is 0 Å². The maximum atomic E-state index is 9.96. The minimum absolute atomic E-state index is 0. The normalized spacial score (nSPS) is 13.2. The van der Waals surface area contributed by atoms with E-state index in [1.165, 1.54) is 16.0 Å². The fraction of sp³-hybridized carbons (Fsp3) is 0.714. The van der Waals surface area contributed by atoms with Crippen molar-refractivity contribution in [3.8, 4) is 0 Å². The smallest absolute Gasteiger partial charge is 0.209 e. The number of quaternary nitrogens is 1. The van der Waals surface area contributed by atoms with Crippen molar-refractivity contribution in [1.29, 1.82) is 0 Å². The zero-order valence-corrected chi connectivity index (χ0v) is 12.6. The van der Waals surface area contributed by atoms with E-state index in [1.807, 2.05) is 6.08 Å². The lowest BCUT2D eigenvalue weighted by Crippen LogP contribution is -3.15. The number of hydrogen-bond donors (Lipinski definition) is 2. The van der Waals surface area contributed by atoms with Crippen molar-refractivity contribution in [1.82, 2.24) is 0 Å². The molecule has 0 fully saturated rings. The molecule has 0 amide bonds. The van der Waals surface area contributed by atoms with Crippen LogP contribution in [0.3, 0.4) is 0 Å². The number of halogens is 1. The van der Waals surface area contributed by atoms with Crippen molar-refractivity contribution in [2.45, 2.75) is 53.7 Å². The van der Waals surface area contributed by atoms with Gasteiger partial charge in [-0.1, -0.05) is 17.2 Å². The topological polar surface area (TPSA) is 24.7 Å². The molecular weight excluding hydrogens is 234 g/mol. The summed E-state index contributed by atoms with van der Waals surface area (Å²) in [5, 5.41) is 9.96. The fourth-order valence-electron chi connectivity index (χ4n) is 1.73. The highest BCUT2D eigenvalue weighted by Gasteiger charge is 2.12. The molecule has 0 aromatic rings. The van der Waals surface area contributed by atoms with Gasteiger partial charge in [0.2, 0.25) is 6.23 Å². The molecule has 0 aliphatic carbocycles. The SMILES string of the molecule is CC[NH+](CC)C(O)/C=C(\C)CCC=C(C)C.[Cl-]. The molecule has 0 aliphatic rings. The second kappa shape index (κ2) is 10.8. The fourth-order valence-corrected chi connectivity index (χ4v) is 1.73. The third kappa shape index (κ3) is 9.40. The summed E-state index contributed by atoms with van der Waals surface area (Å²) < 4.78 is 0. The van der Waals surface area contributed by atoms with Crippen LogP contribution in [-0.2, 0) is 0 Å². The maximum absolute atomic E-state index is 9.96. The summed E-state index contributed by atoms with van der Waals surface area (Å²) in [6, 6.07) is 0. The van der Waals surface area contributed by atoms with E-state index in [-0.39, 0.29) is 18.6 Å². The molecule has 0 saturated heterocycles. The highest BCUT2D eigenvalue weighted by molar-refractivity contribution is 5.02. The molecule has 1 atom stereocenters. The minimum Gasteiger partial charge on any atom is -1.00 e. The molecule has 0 aromatic heterocycles. The molecule has 0 radical (unpaired) electrons. The molecular formula is C14H28ClNO. The van der Waals surface area contributed by atoms with Gasteiger partial charge in [-0.3, -0.25) is 0 Å². The van der Waals surface area contributed by atoms with Crippen LogP contribution in [0.4, 0.5) is 0 Å². The molecule has 2 N–H and O–H groups in total. The van der Waals surface area contributed by atoms with Crippen LogP contribution in [0, 0.1) is 0 Å². The van der Waals surface area contributed by atoms with E-state index in [4.69, 9.17) is 0 Å². The predicted molar refractivity (Wildman–Crippen MR) is 70.5 cm³/mol. The third-order valence-corrected chi connectivity index (χ3v) is 2.86. The average Bonchev–Trinajstić information content (AvgIpc) is 2.18. The van der Waals surface area contributed by atoms with E-state index in [9.17, 15) is 5.11 Å². The third-order valence-electron chi connectivity index (χ3n) is 2.86. The predicted octanol–water partition coefficient (Wildman–Crippen LogP) is -1.07. The lowest BCUT2D eigenvalue weighted by atomic mass is 10.1. The van der Waals surface area contributed by atoms with Crippen molar-refractivity contribution < 1.29 is 22.4 Å². The Morgan fingerprint density at radius 1 is 1.18 bits per heavy atom. The summed E-state index contributed by atoms with van der Waals surface area (Å²) in [5.74, 6) is 0. The molecule has 0 aliphatic heterocycles. The van der Waals surface area contributed by atoms with E-state index in [0.29, 0.717) is 0 Å². The summed E-state index contributed by atoms with van der Waals surface area (Å²) in [6.45, 7) is 12.5. The Morgan fingerprint density at radius 3 is 2.12 bits per heavy atom. The largest absolute Gasteiger partial charge is 1.00 e. The van der Waals surface area contributed by atoms with Crippen molar-refractivity contribution in [3.05, 3.63) is 23.3 Å². The Bertz CT molecular complexity index is 241. The number of aliphatic hydroxyl groups excluding tert-OH is 1. The summed E-state index contributed by atoms with van der Waals surface area (Å²) in [6.07, 6.45) is 6.02. The molecule has 0 saturated carbocycles. The highest BCUT2D eigenvalue weighted by Crippen LogP contribution is 2.06. The summed E-state index contributed by atoms with van der Waals surface area (Å²) in [7, 11) is 0. The summed E-state index contributed by atoms with van der Waals surface area (Å²) >= 11 is 0. The number of nitrogens with one attached hydrogen (secondary N) is 1. The Balaban J connectivity index is 0. The first-order chi connectivity index (χ1) is 7.51. The number of aliphatic hydroxyl groups is 1. The van der Waals surface area contributed by atoms with Crippen LogP contribution in [0.1, 0.15) is 47.5 Å². The summed E-state index contributed by atoms with van der Waals surface area (Å²) in [4.78, 5) is 1.22. The Morgan fingerprint density at radius 2 is 1.71 bits per heavy atom. The van der Waals surface area contributed by atoms with E-state index in [1.54, 1.807) is 0 Å². The zero-order chi connectivity index (χ0) is 12.6. The van der Waals surface area contributed by atoms with Crippen molar-refractivity contribution in [2.24, 2.45) is 0 Å². The van der Waals surface area contributed by atoms with Crippen LogP contribution in [0.5, 0.6) is 0 Å². The highest BCUT2D eigenvalue weighted by atomic mass is 35.5. The first kappa shape index (κ1) is 19.0. The Labute approximate surface area is 113 Å². The van der Waals surface area contributed by atoms with E-state index in [2.05, 4.69) is 40.7 Å². The van der Waals surface area contributed by atoms with Gasteiger partial charge in [-0.05, 0) is 47.5 Å². The van der Waals surface area contributed by atoms with Gasteiger partial charge in [0.05, 0.1) is 13.1 Å². The monoisotopic (exact) mass is 261 g/mol. The van der Waals surface area contributed by atoms with Crippen LogP contribution >= 0.6 is 0 Å². The molecule has 0 rings (SSSR count). The molecule has 17 heavy (non-hydrogen) atoms. The van der Waals surface area contributed by atoms with Crippen LogP contribution in [0.25, 0.3) is 0 Å². The molecule has 2 nitrogen and oxygen atoms in total. The van der Waals surface area contributed by atoms with Gasteiger partial charge in [-0.15, -0.1) is 0 Å². The second-order valence-corrected chi connectivity index (χ2v) is 4.64. The molecule has 1 unspecified atom stereocenters. The van der Waals surface area contributed by atoms with E-state index in [0.717, 1.165) is 25.9 Å². The second-order valence-electron chi connectivity index (χ2n) is 4.64. The van der Waals surface area contributed by atoms with Gasteiger partial charge in [0.1, 0.15) is 0 Å². The van der Waals surface area contributed by atoms with Gasteiger partial charge in [-0.2, -0.15) is 0 Å². The molecule has 0 aromatic carbocycles. The Hall–Kier alpha value is -0.310. The van der Waals surface area contributed by atoms with Crippen LogP contribution in [0.15, 0.2) is 23.3 Å². The molecule has 0 heterocycles. The molecule has 3 heteroatoms. The molecule has 0 spiro atoms. The molecule has 102 valence electrons. The van der Waals surface area contributed by atoms with Crippen molar-refractivity contribution >= 4 is 0 Å². The van der Waals surface area contributed by atoms with Crippen LogP contribution in [-0.4, -0.2) is 24.4 Å². The zero-order valence-electron chi connectivity index (χ0n) is 11.9. The minimum atomic E-state index is -0.346. The van der Waals surface area contributed by atoms with Gasteiger partial charge < -0.3 is 22.4 Å². The Kier molecular flexibility index (Phi) is 12.1. The number of rotatable bonds is 7. The number of likely N-dealkylation sites (N-methyl/N-ethyl adjacent to an activating group) is 1. The summed E-state index contributed by atoms with van der Waals surface area (Å²) in [5.41, 5.74) is 2.65. The van der Waals surface area contributed by atoms with Gasteiger partial charge >= 0.3 is 0 Å². The molecule has 0 bridgehead atoms. The van der Waals surface area contributed by atoms with Gasteiger partial charge in [0.25, 0.3) is 0 Å². The average molecular weight is 262 g/mol. The van der Waals surface area contributed by atoms with Crippen molar-refractivity contribution in [2.75, 3.05) is 13.1 Å². The van der Waals surface area contributed by atoms with Crippen molar-refractivity contribution in [3.63, 3.8) is 0 Å². The lowest BCUT2D eigenvalue weighted by Gasteiger charge is -2.19. The number of allylic oxidation sites excluding steroid dienone is 3. The first-order valence-electron chi connectivity index (χ1n) is 6.34. The van der Waals surface area contributed by atoms with E-state index >= 15 is 0 Å². The van der Waals surface area contributed by atoms with E-state index < -0.39 is 0 Å². The van der Waals surface area contributed by atoms with Gasteiger partial charge in [0, 0.05) is 6.08 Å². The van der Waals surface area contributed by atoms with Crippen LogP contribution < -0.4 is 17.3 Å². The quantitative estimate of drug-likeness (QED) is 0.443. The first-order valence-corrected chi connectivity index (χ1v) is 6.34. The number of hydrogen-bond acceptors (Lipinski definition) is 1. The van der Waals surface area contributed by atoms with Gasteiger partial charge in [0.15, 0.2) is 0 Å². The van der Waals surface area contributed by atoms with Crippen LogP contribution in [0.2, 0.25) is 0 Å². The standard InChI is InChI=1S/C14H27NO.ClH/c1-6-15(7-2)14(16)11-13(5)10-8-9-12(3)4;/h9,11,14,16H,6-8,10H2,1-5H3;1H/b13-11+;. The lowest BCUT2D eigenvalue weighted by molar-refractivity contribution is -0.936. The maximum Gasteiger partial charge on any atom is 0.209 e.